The number of nitro benzene ring substituents is 2. The maximum atomic E-state index is 12.0. The van der Waals surface area contributed by atoms with Gasteiger partial charge in [0.1, 0.15) is 0 Å². The van der Waals surface area contributed by atoms with Gasteiger partial charge < -0.3 is 5.32 Å². The topological polar surface area (TPSA) is 115 Å². The minimum absolute atomic E-state index is 0.105. The predicted molar refractivity (Wildman–Crippen MR) is 86.2 cm³/mol. The lowest BCUT2D eigenvalue weighted by Crippen LogP contribution is -2.15. The molecule has 2 rings (SSSR count). The van der Waals surface area contributed by atoms with Crippen molar-refractivity contribution >= 4 is 38.9 Å². The highest BCUT2D eigenvalue weighted by molar-refractivity contribution is 9.10. The van der Waals surface area contributed by atoms with Crippen molar-refractivity contribution in [2.45, 2.75) is 6.42 Å². The van der Waals surface area contributed by atoms with E-state index in [9.17, 15) is 25.0 Å². The largest absolute Gasteiger partial charge is 0.326 e. The van der Waals surface area contributed by atoms with Gasteiger partial charge in [-0.1, -0.05) is 22.0 Å². The number of benzene rings is 2. The number of carbonyl (C=O) groups is 1. The molecule has 0 aliphatic carbocycles. The van der Waals surface area contributed by atoms with Gasteiger partial charge in [0, 0.05) is 21.8 Å². The molecule has 0 unspecified atom stereocenters. The number of hydrogen-bond donors (Lipinski definition) is 1. The molecular formula is C14H10BrN3O5. The lowest BCUT2D eigenvalue weighted by molar-refractivity contribution is -0.394. The first-order valence-electron chi connectivity index (χ1n) is 6.34. The first-order valence-corrected chi connectivity index (χ1v) is 7.13. The smallest absolute Gasteiger partial charge is 0.279 e. The summed E-state index contributed by atoms with van der Waals surface area (Å²) in [6.45, 7) is 0. The third-order valence-electron chi connectivity index (χ3n) is 2.94. The molecule has 0 aliphatic heterocycles. The normalized spacial score (nSPS) is 10.1. The maximum Gasteiger partial charge on any atom is 0.279 e. The Morgan fingerprint density at radius 1 is 1.09 bits per heavy atom. The van der Waals surface area contributed by atoms with Crippen LogP contribution in [0.5, 0.6) is 0 Å². The molecule has 0 spiro atoms. The zero-order valence-electron chi connectivity index (χ0n) is 11.6. The maximum absolute atomic E-state index is 12.0. The Kier molecular flexibility index (Phi) is 5.02. The number of carbonyl (C=O) groups excluding carboxylic acids is 1. The van der Waals surface area contributed by atoms with Gasteiger partial charge >= 0.3 is 0 Å². The molecule has 9 heteroatoms. The predicted octanol–water partition coefficient (Wildman–Crippen LogP) is 3.45. The van der Waals surface area contributed by atoms with Gasteiger partial charge in [-0.25, -0.2) is 0 Å². The van der Waals surface area contributed by atoms with Crippen LogP contribution in [0.15, 0.2) is 46.9 Å². The summed E-state index contributed by atoms with van der Waals surface area (Å²) >= 11 is 3.27. The van der Waals surface area contributed by atoms with E-state index in [1.807, 2.05) is 0 Å². The summed E-state index contributed by atoms with van der Waals surface area (Å²) in [4.78, 5) is 32.2. The molecule has 0 fully saturated rings. The van der Waals surface area contributed by atoms with E-state index in [1.54, 1.807) is 24.3 Å². The number of amides is 1. The Morgan fingerprint density at radius 3 is 2.43 bits per heavy atom. The second-order valence-corrected chi connectivity index (χ2v) is 5.48. The molecule has 0 heterocycles. The van der Waals surface area contributed by atoms with E-state index >= 15 is 0 Å². The molecule has 1 N–H and O–H groups in total. The monoisotopic (exact) mass is 379 g/mol. The number of hydrogen-bond acceptors (Lipinski definition) is 5. The standard InChI is InChI=1S/C14H10BrN3O5/c15-10-2-1-3-11(7-10)16-14(19)6-9-4-5-12(17(20)21)8-13(9)18(22)23/h1-5,7-8H,6H2,(H,16,19). The fraction of sp³-hybridized carbons (Fsp3) is 0.0714. The Balaban J connectivity index is 2.20. The highest BCUT2D eigenvalue weighted by Gasteiger charge is 2.21. The number of rotatable bonds is 5. The number of nitrogens with one attached hydrogen (secondary N) is 1. The molecule has 0 aromatic heterocycles. The Bertz CT molecular complexity index is 794. The summed E-state index contributed by atoms with van der Waals surface area (Å²) in [6.07, 6.45) is -0.263. The van der Waals surface area contributed by atoms with E-state index in [0.717, 1.165) is 16.6 Å². The molecule has 0 atom stereocenters. The van der Waals surface area contributed by atoms with Crippen molar-refractivity contribution in [3.8, 4) is 0 Å². The van der Waals surface area contributed by atoms with E-state index in [-0.39, 0.29) is 12.0 Å². The average Bonchev–Trinajstić information content (AvgIpc) is 2.47. The molecule has 2 aromatic rings. The molecular weight excluding hydrogens is 370 g/mol. The minimum Gasteiger partial charge on any atom is -0.326 e. The van der Waals surface area contributed by atoms with Gasteiger partial charge in [0.25, 0.3) is 11.4 Å². The van der Waals surface area contributed by atoms with Gasteiger partial charge in [-0.2, -0.15) is 0 Å². The molecule has 0 radical (unpaired) electrons. The number of nitrogens with zero attached hydrogens (tertiary/aromatic N) is 2. The number of halogens is 1. The molecule has 0 saturated carbocycles. The fourth-order valence-electron chi connectivity index (χ4n) is 1.93. The van der Waals surface area contributed by atoms with Crippen molar-refractivity contribution in [1.29, 1.82) is 0 Å². The SMILES string of the molecule is O=C(Cc1ccc([N+](=O)[O-])cc1[N+](=O)[O-])Nc1cccc(Br)c1. The third kappa shape index (κ3) is 4.33. The molecule has 1 amide bonds. The zero-order chi connectivity index (χ0) is 17.0. The van der Waals surface area contributed by atoms with Crippen LogP contribution < -0.4 is 5.32 Å². The molecule has 8 nitrogen and oxygen atoms in total. The average molecular weight is 380 g/mol. The highest BCUT2D eigenvalue weighted by atomic mass is 79.9. The molecule has 23 heavy (non-hydrogen) atoms. The van der Waals surface area contributed by atoms with E-state index in [1.165, 1.54) is 6.07 Å². The van der Waals surface area contributed by atoms with Crippen LogP contribution in [0, 0.1) is 20.2 Å². The van der Waals surface area contributed by atoms with E-state index in [2.05, 4.69) is 21.2 Å². The zero-order valence-corrected chi connectivity index (χ0v) is 13.1. The van der Waals surface area contributed by atoms with Crippen molar-refractivity contribution in [1.82, 2.24) is 0 Å². The van der Waals surface area contributed by atoms with E-state index < -0.39 is 27.1 Å². The van der Waals surface area contributed by atoms with Crippen molar-refractivity contribution in [3.05, 3.63) is 72.7 Å². The number of nitro groups is 2. The molecule has 118 valence electrons. The van der Waals surface area contributed by atoms with Gasteiger partial charge in [-0.15, -0.1) is 0 Å². The second-order valence-electron chi connectivity index (χ2n) is 4.56. The molecule has 2 aromatic carbocycles. The van der Waals surface area contributed by atoms with Gasteiger partial charge in [0.2, 0.25) is 5.91 Å². The minimum atomic E-state index is -0.741. The van der Waals surface area contributed by atoms with E-state index in [0.29, 0.717) is 5.69 Å². The van der Waals surface area contributed by atoms with Crippen molar-refractivity contribution in [2.24, 2.45) is 0 Å². The van der Waals surface area contributed by atoms with Crippen LogP contribution in [-0.2, 0) is 11.2 Å². The summed E-state index contributed by atoms with van der Waals surface area (Å²) in [6, 6.07) is 10.1. The summed E-state index contributed by atoms with van der Waals surface area (Å²) in [5.41, 5.74) is -0.210. The quantitative estimate of drug-likeness (QED) is 0.630. The molecule has 0 saturated heterocycles. The van der Waals surface area contributed by atoms with Crippen LogP contribution in [0.3, 0.4) is 0 Å². The fourth-order valence-corrected chi connectivity index (χ4v) is 2.33. The lowest BCUT2D eigenvalue weighted by atomic mass is 10.1. The van der Waals surface area contributed by atoms with Crippen LogP contribution in [0.1, 0.15) is 5.56 Å². The molecule has 0 bridgehead atoms. The summed E-state index contributed by atoms with van der Waals surface area (Å²) in [7, 11) is 0. The van der Waals surface area contributed by atoms with E-state index in [4.69, 9.17) is 0 Å². The van der Waals surface area contributed by atoms with Crippen LogP contribution in [-0.4, -0.2) is 15.8 Å². The van der Waals surface area contributed by atoms with Crippen molar-refractivity contribution < 1.29 is 14.6 Å². The van der Waals surface area contributed by atoms with Gasteiger partial charge in [-0.05, 0) is 24.3 Å². The Hall–Kier alpha value is -2.81. The van der Waals surface area contributed by atoms with Crippen LogP contribution in [0.4, 0.5) is 17.1 Å². The van der Waals surface area contributed by atoms with Gasteiger partial charge in [0.15, 0.2) is 0 Å². The van der Waals surface area contributed by atoms with Gasteiger partial charge in [0.05, 0.1) is 22.3 Å². The third-order valence-corrected chi connectivity index (χ3v) is 3.43. The lowest BCUT2D eigenvalue weighted by Gasteiger charge is -2.06. The number of non-ortho nitro benzene ring substituents is 1. The van der Waals surface area contributed by atoms with Gasteiger partial charge in [-0.3, -0.25) is 25.0 Å². The van der Waals surface area contributed by atoms with Crippen LogP contribution >= 0.6 is 15.9 Å². The summed E-state index contributed by atoms with van der Waals surface area (Å²) in [5.74, 6) is -0.458. The molecule has 0 aliphatic rings. The van der Waals surface area contributed by atoms with Crippen LogP contribution in [0.2, 0.25) is 0 Å². The van der Waals surface area contributed by atoms with Crippen LogP contribution in [0.25, 0.3) is 0 Å². The van der Waals surface area contributed by atoms with Crippen molar-refractivity contribution in [3.63, 3.8) is 0 Å². The number of anilines is 1. The first kappa shape index (κ1) is 16.6. The van der Waals surface area contributed by atoms with Crippen molar-refractivity contribution in [2.75, 3.05) is 5.32 Å². The first-order chi connectivity index (χ1) is 10.9. The highest BCUT2D eigenvalue weighted by Crippen LogP contribution is 2.25. The Labute approximate surface area is 138 Å². The summed E-state index contributed by atoms with van der Waals surface area (Å²) < 4.78 is 0.775. The summed E-state index contributed by atoms with van der Waals surface area (Å²) in [5, 5.41) is 24.3. The second kappa shape index (κ2) is 6.97. The Morgan fingerprint density at radius 2 is 1.83 bits per heavy atom.